The summed E-state index contributed by atoms with van der Waals surface area (Å²) in [6.45, 7) is 8.57. The number of aromatic nitrogens is 4. The van der Waals surface area contributed by atoms with Crippen LogP contribution in [0, 0.1) is 13.8 Å². The number of hydrogen-bond acceptors (Lipinski definition) is 4. The van der Waals surface area contributed by atoms with Gasteiger partial charge in [0.15, 0.2) is 0 Å². The summed E-state index contributed by atoms with van der Waals surface area (Å²) in [7, 11) is 0. The van der Waals surface area contributed by atoms with Gasteiger partial charge in [0.05, 0.1) is 23.1 Å². The minimum Gasteiger partial charge on any atom is -0.364 e. The molecule has 118 valence electrons. The summed E-state index contributed by atoms with van der Waals surface area (Å²) in [4.78, 5) is 24.1. The summed E-state index contributed by atoms with van der Waals surface area (Å²) < 4.78 is 3.21. The van der Waals surface area contributed by atoms with Gasteiger partial charge in [-0.25, -0.2) is 0 Å². The van der Waals surface area contributed by atoms with Crippen molar-refractivity contribution in [2.75, 3.05) is 5.32 Å². The van der Waals surface area contributed by atoms with Gasteiger partial charge in [-0.15, -0.1) is 0 Å². The average Bonchev–Trinajstić information content (AvgIpc) is 2.99. The third-order valence-corrected chi connectivity index (χ3v) is 3.53. The van der Waals surface area contributed by atoms with E-state index >= 15 is 0 Å². The zero-order valence-corrected chi connectivity index (χ0v) is 13.2. The molecule has 0 saturated heterocycles. The van der Waals surface area contributed by atoms with Gasteiger partial charge in [-0.3, -0.25) is 19.0 Å². The van der Waals surface area contributed by atoms with Crippen molar-refractivity contribution in [3.05, 3.63) is 28.8 Å². The Hall–Kier alpha value is -2.64. The Balaban J connectivity index is 2.36. The molecule has 8 heteroatoms. The molecule has 2 aromatic heterocycles. The highest BCUT2D eigenvalue weighted by Crippen LogP contribution is 2.19. The first-order valence-corrected chi connectivity index (χ1v) is 7.11. The van der Waals surface area contributed by atoms with Crippen molar-refractivity contribution < 1.29 is 9.59 Å². The molecule has 3 N–H and O–H groups in total. The van der Waals surface area contributed by atoms with E-state index < -0.39 is 5.91 Å². The largest absolute Gasteiger partial charge is 0.364 e. The van der Waals surface area contributed by atoms with Gasteiger partial charge < -0.3 is 11.1 Å². The molecule has 2 heterocycles. The van der Waals surface area contributed by atoms with Crippen LogP contribution >= 0.6 is 0 Å². The maximum absolute atomic E-state index is 12.5. The molecule has 0 aliphatic heterocycles. The van der Waals surface area contributed by atoms with E-state index in [0.29, 0.717) is 30.0 Å². The molecule has 0 bridgehead atoms. The van der Waals surface area contributed by atoms with Crippen LogP contribution in [0.5, 0.6) is 0 Å². The molecule has 0 aliphatic rings. The first kappa shape index (κ1) is 15.7. The van der Waals surface area contributed by atoms with E-state index in [4.69, 9.17) is 5.73 Å². The van der Waals surface area contributed by atoms with E-state index in [-0.39, 0.29) is 11.6 Å². The molecule has 0 atom stereocenters. The minimum absolute atomic E-state index is 0.189. The van der Waals surface area contributed by atoms with Crippen LogP contribution in [0.25, 0.3) is 0 Å². The number of nitrogens with one attached hydrogen (secondary N) is 1. The number of carbonyl (C=O) groups is 2. The number of anilines is 1. The molecule has 2 rings (SSSR count). The van der Waals surface area contributed by atoms with Crippen molar-refractivity contribution in [3.8, 4) is 0 Å². The lowest BCUT2D eigenvalue weighted by molar-refractivity contribution is 0.0991. The van der Waals surface area contributed by atoms with Crippen LogP contribution in [0.4, 0.5) is 5.69 Å². The number of aryl methyl sites for hydroxylation is 3. The van der Waals surface area contributed by atoms with Crippen LogP contribution in [-0.2, 0) is 13.1 Å². The van der Waals surface area contributed by atoms with Gasteiger partial charge in [-0.05, 0) is 27.7 Å². The molecule has 0 aliphatic carbocycles. The summed E-state index contributed by atoms with van der Waals surface area (Å²) in [5, 5.41) is 11.1. The van der Waals surface area contributed by atoms with E-state index in [1.165, 1.54) is 10.9 Å². The molecule has 2 amide bonds. The van der Waals surface area contributed by atoms with Gasteiger partial charge in [0.25, 0.3) is 11.8 Å². The molecular formula is C14H20N6O2. The molecule has 0 unspecified atom stereocenters. The fraction of sp³-hybridized carbons (Fsp3) is 0.429. The van der Waals surface area contributed by atoms with Crippen molar-refractivity contribution in [2.24, 2.45) is 5.73 Å². The predicted octanol–water partition coefficient (Wildman–Crippen LogP) is 1.09. The fourth-order valence-electron chi connectivity index (χ4n) is 2.49. The number of rotatable bonds is 5. The van der Waals surface area contributed by atoms with Gasteiger partial charge >= 0.3 is 0 Å². The number of hydrogen-bond donors (Lipinski definition) is 2. The Morgan fingerprint density at radius 1 is 1.23 bits per heavy atom. The third kappa shape index (κ3) is 2.59. The van der Waals surface area contributed by atoms with Gasteiger partial charge in [-0.1, -0.05) is 0 Å². The summed E-state index contributed by atoms with van der Waals surface area (Å²) in [5.74, 6) is -0.958. The Labute approximate surface area is 128 Å². The number of carbonyl (C=O) groups excluding carboxylic acids is 2. The Bertz CT molecular complexity index is 728. The molecule has 0 saturated carbocycles. The SMILES string of the molecule is CCn1nc(C)c(C(=O)Nc2cnn(CC)c2C(N)=O)c1C. The highest BCUT2D eigenvalue weighted by molar-refractivity contribution is 6.09. The summed E-state index contributed by atoms with van der Waals surface area (Å²) >= 11 is 0. The molecule has 0 aromatic carbocycles. The van der Waals surface area contributed by atoms with Crippen molar-refractivity contribution in [1.29, 1.82) is 0 Å². The molecule has 2 aromatic rings. The maximum atomic E-state index is 12.5. The van der Waals surface area contributed by atoms with Gasteiger partial charge in [0.1, 0.15) is 5.69 Å². The average molecular weight is 304 g/mol. The molecule has 0 fully saturated rings. The number of amides is 2. The standard InChI is InChI=1S/C14H20N6O2/c1-5-19-9(4)11(8(3)18-19)14(22)17-10-7-16-20(6-2)12(10)13(15)21/h7H,5-6H2,1-4H3,(H2,15,21)(H,17,22). The highest BCUT2D eigenvalue weighted by atomic mass is 16.2. The van der Waals surface area contributed by atoms with E-state index in [1.54, 1.807) is 11.6 Å². The predicted molar refractivity (Wildman–Crippen MR) is 81.7 cm³/mol. The van der Waals surface area contributed by atoms with Crippen LogP contribution in [-0.4, -0.2) is 31.4 Å². The van der Waals surface area contributed by atoms with Crippen LogP contribution in [0.2, 0.25) is 0 Å². The highest BCUT2D eigenvalue weighted by Gasteiger charge is 2.22. The Morgan fingerprint density at radius 2 is 1.86 bits per heavy atom. The van der Waals surface area contributed by atoms with E-state index in [1.807, 2.05) is 20.8 Å². The van der Waals surface area contributed by atoms with E-state index in [0.717, 1.165) is 5.69 Å². The lowest BCUT2D eigenvalue weighted by Crippen LogP contribution is -2.21. The lowest BCUT2D eigenvalue weighted by Gasteiger charge is -2.07. The van der Waals surface area contributed by atoms with Crippen molar-refractivity contribution in [1.82, 2.24) is 19.6 Å². The summed E-state index contributed by atoms with van der Waals surface area (Å²) in [5.41, 5.74) is 7.78. The van der Waals surface area contributed by atoms with E-state index in [9.17, 15) is 9.59 Å². The summed E-state index contributed by atoms with van der Waals surface area (Å²) in [6, 6.07) is 0. The molecular weight excluding hydrogens is 284 g/mol. The van der Waals surface area contributed by atoms with Crippen molar-refractivity contribution in [2.45, 2.75) is 40.8 Å². The molecule has 22 heavy (non-hydrogen) atoms. The first-order chi connectivity index (χ1) is 10.4. The maximum Gasteiger partial charge on any atom is 0.269 e. The quantitative estimate of drug-likeness (QED) is 0.861. The number of nitrogens with two attached hydrogens (primary N) is 1. The first-order valence-electron chi connectivity index (χ1n) is 7.11. The van der Waals surface area contributed by atoms with Gasteiger partial charge in [0, 0.05) is 18.8 Å². The van der Waals surface area contributed by atoms with Crippen molar-refractivity contribution >= 4 is 17.5 Å². The smallest absolute Gasteiger partial charge is 0.269 e. The Kier molecular flexibility index (Phi) is 4.30. The van der Waals surface area contributed by atoms with Crippen LogP contribution < -0.4 is 11.1 Å². The third-order valence-electron chi connectivity index (χ3n) is 3.53. The van der Waals surface area contributed by atoms with Crippen molar-refractivity contribution in [3.63, 3.8) is 0 Å². The molecule has 8 nitrogen and oxygen atoms in total. The fourth-order valence-corrected chi connectivity index (χ4v) is 2.49. The zero-order chi connectivity index (χ0) is 16.4. The van der Waals surface area contributed by atoms with Crippen LogP contribution in [0.1, 0.15) is 46.1 Å². The Morgan fingerprint density at radius 3 is 2.36 bits per heavy atom. The second kappa shape index (κ2) is 6.00. The lowest BCUT2D eigenvalue weighted by atomic mass is 10.2. The zero-order valence-electron chi connectivity index (χ0n) is 13.2. The topological polar surface area (TPSA) is 108 Å². The van der Waals surface area contributed by atoms with Crippen LogP contribution in [0.3, 0.4) is 0 Å². The number of nitrogens with zero attached hydrogens (tertiary/aromatic N) is 4. The molecule has 0 radical (unpaired) electrons. The molecule has 0 spiro atoms. The monoisotopic (exact) mass is 304 g/mol. The second-order valence-corrected chi connectivity index (χ2v) is 4.90. The van der Waals surface area contributed by atoms with E-state index in [2.05, 4.69) is 15.5 Å². The van der Waals surface area contributed by atoms with Crippen LogP contribution in [0.15, 0.2) is 6.20 Å². The van der Waals surface area contributed by atoms with Gasteiger partial charge in [0.2, 0.25) is 0 Å². The normalized spacial score (nSPS) is 10.7. The van der Waals surface area contributed by atoms with Gasteiger partial charge in [-0.2, -0.15) is 10.2 Å². The minimum atomic E-state index is -0.632. The second-order valence-electron chi connectivity index (χ2n) is 4.90. The summed E-state index contributed by atoms with van der Waals surface area (Å²) in [6.07, 6.45) is 1.43. The number of primary amides is 1.